The molecule has 1 heterocycles. The lowest BCUT2D eigenvalue weighted by atomic mass is 10.2. The van der Waals surface area contributed by atoms with Gasteiger partial charge in [0, 0.05) is 43.8 Å². The van der Waals surface area contributed by atoms with E-state index in [4.69, 9.17) is 33.3 Å². The first-order valence-corrected chi connectivity index (χ1v) is 9.63. The second kappa shape index (κ2) is 9.26. The molecule has 2 aromatic rings. The van der Waals surface area contributed by atoms with Crippen LogP contribution in [0.15, 0.2) is 42.5 Å². The van der Waals surface area contributed by atoms with Crippen LogP contribution in [-0.4, -0.2) is 55.3 Å². The summed E-state index contributed by atoms with van der Waals surface area (Å²) in [6.45, 7) is 4.45. The van der Waals surface area contributed by atoms with Gasteiger partial charge in [0.25, 0.3) is 0 Å². The predicted molar refractivity (Wildman–Crippen MR) is 114 cm³/mol. The summed E-state index contributed by atoms with van der Waals surface area (Å²) in [5.74, 6) is 1.49. The van der Waals surface area contributed by atoms with Gasteiger partial charge in [-0.15, -0.1) is 0 Å². The van der Waals surface area contributed by atoms with Gasteiger partial charge < -0.3 is 19.7 Å². The van der Waals surface area contributed by atoms with Crippen LogP contribution in [0, 0.1) is 0 Å². The molecule has 144 valence electrons. The van der Waals surface area contributed by atoms with Gasteiger partial charge in [0.1, 0.15) is 11.5 Å². The van der Waals surface area contributed by atoms with Crippen molar-refractivity contribution in [3.8, 4) is 11.5 Å². The van der Waals surface area contributed by atoms with Crippen molar-refractivity contribution in [1.29, 1.82) is 0 Å². The summed E-state index contributed by atoms with van der Waals surface area (Å²) < 4.78 is 10.7. The van der Waals surface area contributed by atoms with Gasteiger partial charge in [-0.3, -0.25) is 4.90 Å². The second-order valence-corrected chi connectivity index (χ2v) is 7.14. The van der Waals surface area contributed by atoms with Crippen LogP contribution in [-0.2, 0) is 6.54 Å². The molecule has 1 aliphatic rings. The number of nitrogens with zero attached hydrogens (tertiary/aromatic N) is 2. The van der Waals surface area contributed by atoms with Crippen molar-refractivity contribution >= 4 is 34.6 Å². The summed E-state index contributed by atoms with van der Waals surface area (Å²) in [5, 5.41) is 4.81. The van der Waals surface area contributed by atoms with E-state index in [1.54, 1.807) is 14.2 Å². The molecule has 5 nitrogen and oxygen atoms in total. The van der Waals surface area contributed by atoms with Crippen LogP contribution in [0.25, 0.3) is 0 Å². The van der Waals surface area contributed by atoms with Crippen molar-refractivity contribution in [1.82, 2.24) is 9.80 Å². The van der Waals surface area contributed by atoms with E-state index < -0.39 is 0 Å². The van der Waals surface area contributed by atoms with E-state index in [9.17, 15) is 0 Å². The first-order chi connectivity index (χ1) is 13.1. The smallest absolute Gasteiger partial charge is 0.173 e. The van der Waals surface area contributed by atoms with Crippen LogP contribution >= 0.6 is 23.8 Å². The van der Waals surface area contributed by atoms with Gasteiger partial charge in [0.05, 0.1) is 19.9 Å². The Balaban J connectivity index is 1.57. The van der Waals surface area contributed by atoms with Crippen molar-refractivity contribution in [3.63, 3.8) is 0 Å². The van der Waals surface area contributed by atoms with Crippen LogP contribution in [0.4, 0.5) is 5.69 Å². The molecule has 0 spiro atoms. The molecular weight excluding hydrogens is 382 g/mol. The van der Waals surface area contributed by atoms with E-state index in [0.29, 0.717) is 5.11 Å². The molecule has 0 aromatic heterocycles. The van der Waals surface area contributed by atoms with Crippen molar-refractivity contribution < 1.29 is 9.47 Å². The minimum atomic E-state index is 0.693. The van der Waals surface area contributed by atoms with Gasteiger partial charge in [-0.1, -0.05) is 29.8 Å². The van der Waals surface area contributed by atoms with Gasteiger partial charge in [0.2, 0.25) is 0 Å². The number of hydrogen-bond donors (Lipinski definition) is 1. The second-order valence-electron chi connectivity index (χ2n) is 6.35. The minimum absolute atomic E-state index is 0.693. The molecule has 0 radical (unpaired) electrons. The van der Waals surface area contributed by atoms with Crippen LogP contribution in [0.5, 0.6) is 11.5 Å². The number of anilines is 1. The number of thiocarbonyl (C=S) groups is 1. The summed E-state index contributed by atoms with van der Waals surface area (Å²) in [5.41, 5.74) is 1.97. The maximum absolute atomic E-state index is 6.28. The Morgan fingerprint density at radius 2 is 1.81 bits per heavy atom. The van der Waals surface area contributed by atoms with E-state index in [0.717, 1.165) is 60.5 Å². The van der Waals surface area contributed by atoms with Crippen LogP contribution in [0.1, 0.15) is 5.56 Å². The van der Waals surface area contributed by atoms with E-state index >= 15 is 0 Å². The average molecular weight is 406 g/mol. The number of ether oxygens (including phenoxy) is 2. The standard InChI is InChI=1S/C20H24ClN3O2S/c1-25-16-7-8-19(26-2)18(13-16)22-20(27)24-11-9-23(10-12-24)14-15-5-3-4-6-17(15)21/h3-8,13H,9-12,14H2,1-2H3,(H,22,27). The highest BCUT2D eigenvalue weighted by Crippen LogP contribution is 2.29. The lowest BCUT2D eigenvalue weighted by Crippen LogP contribution is -2.49. The van der Waals surface area contributed by atoms with Gasteiger partial charge in [-0.25, -0.2) is 0 Å². The fraction of sp³-hybridized carbons (Fsp3) is 0.350. The minimum Gasteiger partial charge on any atom is -0.497 e. The van der Waals surface area contributed by atoms with Crippen molar-refractivity contribution in [3.05, 3.63) is 53.1 Å². The molecular formula is C20H24ClN3O2S. The average Bonchev–Trinajstić information content (AvgIpc) is 2.70. The Morgan fingerprint density at radius 3 is 2.48 bits per heavy atom. The molecule has 2 aromatic carbocycles. The molecule has 1 saturated heterocycles. The summed E-state index contributed by atoms with van der Waals surface area (Å²) in [6.07, 6.45) is 0. The lowest BCUT2D eigenvalue weighted by molar-refractivity contribution is 0.177. The third kappa shape index (κ3) is 5.03. The van der Waals surface area contributed by atoms with E-state index in [1.807, 2.05) is 36.4 Å². The molecule has 7 heteroatoms. The number of rotatable bonds is 5. The van der Waals surface area contributed by atoms with Crippen molar-refractivity contribution in [2.24, 2.45) is 0 Å². The first-order valence-electron chi connectivity index (χ1n) is 8.84. The predicted octanol–water partition coefficient (Wildman–Crippen LogP) is 3.87. The number of piperazine rings is 1. The number of nitrogens with one attached hydrogen (secondary N) is 1. The largest absolute Gasteiger partial charge is 0.497 e. The monoisotopic (exact) mass is 405 g/mol. The molecule has 0 unspecified atom stereocenters. The fourth-order valence-electron chi connectivity index (χ4n) is 3.08. The third-order valence-corrected chi connectivity index (χ3v) is 5.39. The van der Waals surface area contributed by atoms with E-state index in [1.165, 1.54) is 0 Å². The molecule has 3 rings (SSSR count). The van der Waals surface area contributed by atoms with Gasteiger partial charge in [0.15, 0.2) is 5.11 Å². The topological polar surface area (TPSA) is 37.0 Å². The zero-order valence-corrected chi connectivity index (χ0v) is 17.1. The molecule has 1 aliphatic heterocycles. The Kier molecular flexibility index (Phi) is 6.77. The normalized spacial score (nSPS) is 14.7. The van der Waals surface area contributed by atoms with Crippen LogP contribution in [0.2, 0.25) is 5.02 Å². The van der Waals surface area contributed by atoms with Gasteiger partial charge in [-0.05, 0) is 36.0 Å². The van der Waals surface area contributed by atoms with Gasteiger partial charge >= 0.3 is 0 Å². The SMILES string of the molecule is COc1ccc(OC)c(NC(=S)N2CCN(Cc3ccccc3Cl)CC2)c1. The fourth-order valence-corrected chi connectivity index (χ4v) is 3.57. The lowest BCUT2D eigenvalue weighted by Gasteiger charge is -2.36. The number of hydrogen-bond acceptors (Lipinski definition) is 4. The van der Waals surface area contributed by atoms with Crippen molar-refractivity contribution in [2.45, 2.75) is 6.54 Å². The molecule has 0 aliphatic carbocycles. The molecule has 1 N–H and O–H groups in total. The Morgan fingerprint density at radius 1 is 1.07 bits per heavy atom. The Bertz CT molecular complexity index is 795. The van der Waals surface area contributed by atoms with Crippen LogP contribution < -0.4 is 14.8 Å². The van der Waals surface area contributed by atoms with Crippen LogP contribution in [0.3, 0.4) is 0 Å². The zero-order chi connectivity index (χ0) is 19.2. The zero-order valence-electron chi connectivity index (χ0n) is 15.6. The van der Waals surface area contributed by atoms with Crippen molar-refractivity contribution in [2.75, 3.05) is 45.7 Å². The Hall–Kier alpha value is -2.02. The highest BCUT2D eigenvalue weighted by Gasteiger charge is 2.20. The molecule has 27 heavy (non-hydrogen) atoms. The summed E-state index contributed by atoms with van der Waals surface area (Å²) in [6, 6.07) is 13.6. The Labute approximate surface area is 170 Å². The number of methoxy groups -OCH3 is 2. The quantitative estimate of drug-likeness (QED) is 0.761. The number of halogens is 1. The molecule has 0 atom stereocenters. The third-order valence-electron chi connectivity index (χ3n) is 4.66. The molecule has 0 saturated carbocycles. The molecule has 0 amide bonds. The summed E-state index contributed by atoms with van der Waals surface area (Å²) in [4.78, 5) is 4.57. The first kappa shape index (κ1) is 19.7. The van der Waals surface area contributed by atoms with E-state index in [-0.39, 0.29) is 0 Å². The maximum Gasteiger partial charge on any atom is 0.173 e. The molecule has 0 bridgehead atoms. The number of benzene rings is 2. The molecule has 1 fully saturated rings. The van der Waals surface area contributed by atoms with E-state index in [2.05, 4.69) is 21.2 Å². The highest BCUT2D eigenvalue weighted by molar-refractivity contribution is 7.80. The highest BCUT2D eigenvalue weighted by atomic mass is 35.5. The summed E-state index contributed by atoms with van der Waals surface area (Å²) in [7, 11) is 3.28. The van der Waals surface area contributed by atoms with Gasteiger partial charge in [-0.2, -0.15) is 0 Å². The maximum atomic E-state index is 6.28. The summed E-state index contributed by atoms with van der Waals surface area (Å²) >= 11 is 11.9.